The van der Waals surface area contributed by atoms with Crippen LogP contribution < -0.4 is 10.6 Å². The fourth-order valence-electron chi connectivity index (χ4n) is 1.69. The average Bonchev–Trinajstić information content (AvgIpc) is 2.75. The van der Waals surface area contributed by atoms with E-state index in [1.807, 2.05) is 20.8 Å². The Morgan fingerprint density at radius 1 is 1.25 bits per heavy atom. The zero-order valence-electron chi connectivity index (χ0n) is 12.2. The second kappa shape index (κ2) is 5.58. The Bertz CT molecular complexity index is 585. The van der Waals surface area contributed by atoms with Gasteiger partial charge >= 0.3 is 0 Å². The van der Waals surface area contributed by atoms with Crippen LogP contribution in [0.1, 0.15) is 26.3 Å². The van der Waals surface area contributed by atoms with E-state index >= 15 is 0 Å². The summed E-state index contributed by atoms with van der Waals surface area (Å²) >= 11 is 0. The SMILES string of the molecule is Cn1nccc1Nc1nccc(CNC(C)(C)C)c1F. The first-order valence-corrected chi connectivity index (χ1v) is 6.50. The van der Waals surface area contributed by atoms with Crippen LogP contribution in [0, 0.1) is 5.82 Å². The van der Waals surface area contributed by atoms with E-state index in [-0.39, 0.29) is 17.2 Å². The molecule has 0 saturated heterocycles. The van der Waals surface area contributed by atoms with Crippen LogP contribution in [-0.4, -0.2) is 20.3 Å². The molecule has 0 aliphatic carbocycles. The number of hydrogen-bond donors (Lipinski definition) is 2. The molecule has 20 heavy (non-hydrogen) atoms. The zero-order chi connectivity index (χ0) is 14.8. The van der Waals surface area contributed by atoms with Crippen molar-refractivity contribution in [1.82, 2.24) is 20.1 Å². The molecule has 0 bridgehead atoms. The lowest BCUT2D eigenvalue weighted by Gasteiger charge is -2.21. The fourth-order valence-corrected chi connectivity index (χ4v) is 1.69. The average molecular weight is 277 g/mol. The molecule has 0 atom stereocenters. The molecular formula is C14H20FN5. The highest BCUT2D eigenvalue weighted by atomic mass is 19.1. The topological polar surface area (TPSA) is 54.8 Å². The monoisotopic (exact) mass is 277 g/mol. The quantitative estimate of drug-likeness (QED) is 0.902. The van der Waals surface area contributed by atoms with Gasteiger partial charge in [-0.15, -0.1) is 0 Å². The zero-order valence-corrected chi connectivity index (χ0v) is 12.2. The summed E-state index contributed by atoms with van der Waals surface area (Å²) in [5.41, 5.74) is 0.519. The van der Waals surface area contributed by atoms with Crippen LogP contribution in [0.2, 0.25) is 0 Å². The molecule has 2 heterocycles. The largest absolute Gasteiger partial charge is 0.323 e. The Labute approximate surface area is 118 Å². The van der Waals surface area contributed by atoms with Gasteiger partial charge in [0.05, 0.1) is 6.20 Å². The third-order valence-corrected chi connectivity index (χ3v) is 2.85. The van der Waals surface area contributed by atoms with Crippen molar-refractivity contribution in [2.75, 3.05) is 5.32 Å². The molecule has 0 fully saturated rings. The van der Waals surface area contributed by atoms with E-state index in [1.165, 1.54) is 0 Å². The van der Waals surface area contributed by atoms with Crippen LogP contribution in [0.3, 0.4) is 0 Å². The summed E-state index contributed by atoms with van der Waals surface area (Å²) in [6, 6.07) is 3.45. The van der Waals surface area contributed by atoms with Gasteiger partial charge in [0.25, 0.3) is 0 Å². The van der Waals surface area contributed by atoms with Crippen molar-refractivity contribution in [3.63, 3.8) is 0 Å². The second-order valence-corrected chi connectivity index (χ2v) is 5.70. The highest BCUT2D eigenvalue weighted by Gasteiger charge is 2.14. The summed E-state index contributed by atoms with van der Waals surface area (Å²) in [7, 11) is 1.78. The normalized spacial score (nSPS) is 11.7. The predicted octanol–water partition coefficient (Wildman–Crippen LogP) is 2.59. The molecule has 2 aromatic rings. The first kappa shape index (κ1) is 14.5. The molecule has 2 aromatic heterocycles. The number of nitrogens with zero attached hydrogens (tertiary/aromatic N) is 3. The Balaban J connectivity index is 2.17. The second-order valence-electron chi connectivity index (χ2n) is 5.70. The van der Waals surface area contributed by atoms with Crippen molar-refractivity contribution < 1.29 is 4.39 Å². The molecule has 0 amide bonds. The van der Waals surface area contributed by atoms with Crippen LogP contribution in [-0.2, 0) is 13.6 Å². The van der Waals surface area contributed by atoms with Gasteiger partial charge < -0.3 is 10.6 Å². The van der Waals surface area contributed by atoms with E-state index in [4.69, 9.17) is 0 Å². The van der Waals surface area contributed by atoms with Crippen molar-refractivity contribution in [3.8, 4) is 0 Å². The van der Waals surface area contributed by atoms with Crippen LogP contribution in [0.25, 0.3) is 0 Å². The third kappa shape index (κ3) is 3.54. The first-order chi connectivity index (χ1) is 9.37. The van der Waals surface area contributed by atoms with E-state index < -0.39 is 0 Å². The van der Waals surface area contributed by atoms with Gasteiger partial charge in [-0.3, -0.25) is 4.68 Å². The van der Waals surface area contributed by atoms with Crippen LogP contribution in [0.4, 0.5) is 16.0 Å². The number of rotatable bonds is 4. The van der Waals surface area contributed by atoms with E-state index in [0.717, 1.165) is 0 Å². The number of aryl methyl sites for hydroxylation is 1. The summed E-state index contributed by atoms with van der Waals surface area (Å²) < 4.78 is 16.0. The molecule has 0 aromatic carbocycles. The Kier molecular flexibility index (Phi) is 4.04. The standard InChI is InChI=1S/C14H20FN5/c1-14(2,3)17-9-10-5-7-16-13(12(10)15)19-11-6-8-18-20(11)4/h5-8,17H,9H2,1-4H3,(H,16,19). The molecule has 5 nitrogen and oxygen atoms in total. The maximum absolute atomic E-state index is 14.4. The van der Waals surface area contributed by atoms with Gasteiger partial charge in [0.2, 0.25) is 0 Å². The number of hydrogen-bond acceptors (Lipinski definition) is 4. The maximum atomic E-state index is 14.4. The van der Waals surface area contributed by atoms with Gasteiger partial charge in [0, 0.05) is 37.0 Å². The first-order valence-electron chi connectivity index (χ1n) is 6.50. The molecule has 2 rings (SSSR count). The molecule has 0 aliphatic rings. The smallest absolute Gasteiger partial charge is 0.170 e. The van der Waals surface area contributed by atoms with E-state index in [1.54, 1.807) is 36.3 Å². The minimum atomic E-state index is -0.342. The van der Waals surface area contributed by atoms with Gasteiger partial charge in [-0.1, -0.05) is 0 Å². The van der Waals surface area contributed by atoms with Gasteiger partial charge in [-0.2, -0.15) is 5.10 Å². The van der Waals surface area contributed by atoms with Crippen molar-refractivity contribution >= 4 is 11.6 Å². The molecule has 0 unspecified atom stereocenters. The molecule has 108 valence electrons. The number of anilines is 2. The molecule has 0 radical (unpaired) electrons. The lowest BCUT2D eigenvalue weighted by Crippen LogP contribution is -2.35. The summed E-state index contributed by atoms with van der Waals surface area (Å²) in [5.74, 6) is 0.560. The number of nitrogens with one attached hydrogen (secondary N) is 2. The minimum absolute atomic E-state index is 0.0641. The summed E-state index contributed by atoms with van der Waals surface area (Å²) in [5, 5.41) is 10.2. The summed E-state index contributed by atoms with van der Waals surface area (Å²) in [6.45, 7) is 6.58. The van der Waals surface area contributed by atoms with Crippen LogP contribution in [0.5, 0.6) is 0 Å². The molecule has 0 saturated carbocycles. The Hall–Kier alpha value is -1.95. The summed E-state index contributed by atoms with van der Waals surface area (Å²) in [6.07, 6.45) is 3.24. The molecular weight excluding hydrogens is 257 g/mol. The number of aromatic nitrogens is 3. The predicted molar refractivity (Wildman–Crippen MR) is 77.3 cm³/mol. The van der Waals surface area contributed by atoms with Crippen LogP contribution >= 0.6 is 0 Å². The lowest BCUT2D eigenvalue weighted by molar-refractivity contribution is 0.418. The lowest BCUT2D eigenvalue weighted by atomic mass is 10.1. The summed E-state index contributed by atoms with van der Waals surface area (Å²) in [4.78, 5) is 4.04. The van der Waals surface area contributed by atoms with E-state index in [9.17, 15) is 4.39 Å². The molecule has 0 spiro atoms. The van der Waals surface area contributed by atoms with E-state index in [0.29, 0.717) is 17.9 Å². The molecule has 2 N–H and O–H groups in total. The Morgan fingerprint density at radius 3 is 2.60 bits per heavy atom. The maximum Gasteiger partial charge on any atom is 0.170 e. The highest BCUT2D eigenvalue weighted by Crippen LogP contribution is 2.19. The van der Waals surface area contributed by atoms with Crippen molar-refractivity contribution in [2.45, 2.75) is 32.9 Å². The van der Waals surface area contributed by atoms with Gasteiger partial charge in [0.1, 0.15) is 5.82 Å². The fraction of sp³-hybridized carbons (Fsp3) is 0.429. The number of halogens is 1. The van der Waals surface area contributed by atoms with Crippen LogP contribution in [0.15, 0.2) is 24.5 Å². The highest BCUT2D eigenvalue weighted by molar-refractivity contribution is 5.53. The van der Waals surface area contributed by atoms with Crippen molar-refractivity contribution in [2.24, 2.45) is 7.05 Å². The Morgan fingerprint density at radius 2 is 2.00 bits per heavy atom. The molecule has 0 aliphatic heterocycles. The van der Waals surface area contributed by atoms with Gasteiger partial charge in [-0.25, -0.2) is 9.37 Å². The number of pyridine rings is 1. The third-order valence-electron chi connectivity index (χ3n) is 2.85. The molecule has 6 heteroatoms. The van der Waals surface area contributed by atoms with Gasteiger partial charge in [0.15, 0.2) is 11.6 Å². The van der Waals surface area contributed by atoms with Crippen molar-refractivity contribution in [3.05, 3.63) is 35.9 Å². The van der Waals surface area contributed by atoms with Crippen molar-refractivity contribution in [1.29, 1.82) is 0 Å². The van der Waals surface area contributed by atoms with E-state index in [2.05, 4.69) is 20.7 Å². The minimum Gasteiger partial charge on any atom is -0.323 e. The van der Waals surface area contributed by atoms with Gasteiger partial charge in [-0.05, 0) is 26.8 Å².